The molecular weight excluding hydrogens is 354 g/mol. The minimum Gasteiger partial charge on any atom is -0.497 e. The molecule has 0 aliphatic heterocycles. The molecule has 0 heterocycles. The molecule has 2 aromatic rings. The van der Waals surface area contributed by atoms with Crippen molar-refractivity contribution in [2.45, 2.75) is 52.7 Å². The monoisotopic (exact) mass is 385 g/mol. The molecule has 2 rings (SSSR count). The molecule has 1 amide bonds. The fraction of sp³-hybridized carbons (Fsp3) is 0.435. The largest absolute Gasteiger partial charge is 0.497 e. The molecule has 2 atom stereocenters. The first-order chi connectivity index (χ1) is 13.3. The smallest absolute Gasteiger partial charge is 0.261 e. The number of benzene rings is 2. The van der Waals surface area contributed by atoms with E-state index in [0.717, 1.165) is 22.4 Å². The molecule has 0 fully saturated rings. The highest BCUT2D eigenvalue weighted by Crippen LogP contribution is 2.32. The van der Waals surface area contributed by atoms with Crippen molar-refractivity contribution in [1.29, 1.82) is 0 Å². The van der Waals surface area contributed by atoms with Crippen LogP contribution in [0.25, 0.3) is 0 Å². The Balaban J connectivity index is 2.11. The summed E-state index contributed by atoms with van der Waals surface area (Å²) < 4.78 is 16.5. The van der Waals surface area contributed by atoms with Crippen LogP contribution in [0.4, 0.5) is 0 Å². The van der Waals surface area contributed by atoms with Crippen LogP contribution in [0.15, 0.2) is 36.4 Å². The SMILES string of the molecule is COc1cccc(O[C@@H](C)C(=O)N[C@H](C)c2cc(C(C)C)c(OC)cc2C)c1. The lowest BCUT2D eigenvalue weighted by molar-refractivity contribution is -0.127. The molecule has 0 bridgehead atoms. The summed E-state index contributed by atoms with van der Waals surface area (Å²) in [5, 5.41) is 3.05. The summed E-state index contributed by atoms with van der Waals surface area (Å²) in [5.74, 6) is 2.32. The molecule has 2 aromatic carbocycles. The van der Waals surface area contributed by atoms with Crippen LogP contribution in [0.5, 0.6) is 17.2 Å². The van der Waals surface area contributed by atoms with Crippen molar-refractivity contribution in [2.75, 3.05) is 14.2 Å². The molecule has 0 radical (unpaired) electrons. The Morgan fingerprint density at radius 1 is 0.929 bits per heavy atom. The van der Waals surface area contributed by atoms with E-state index >= 15 is 0 Å². The van der Waals surface area contributed by atoms with Gasteiger partial charge in [-0.3, -0.25) is 4.79 Å². The van der Waals surface area contributed by atoms with Gasteiger partial charge in [0.25, 0.3) is 5.91 Å². The number of hydrogen-bond acceptors (Lipinski definition) is 4. The lowest BCUT2D eigenvalue weighted by Crippen LogP contribution is -2.38. The Morgan fingerprint density at radius 3 is 2.21 bits per heavy atom. The molecule has 1 N–H and O–H groups in total. The molecule has 0 aliphatic carbocycles. The second-order valence-corrected chi connectivity index (χ2v) is 7.27. The Morgan fingerprint density at radius 2 is 1.61 bits per heavy atom. The standard InChI is InChI=1S/C23H31NO4/c1-14(2)20-13-21(15(3)11-22(20)27-7)16(4)24-23(25)17(5)28-19-10-8-9-18(12-19)26-6/h8-14,16-17H,1-7H3,(H,24,25)/t16-,17+/m1/s1. The van der Waals surface area contributed by atoms with Crippen LogP contribution in [-0.2, 0) is 4.79 Å². The van der Waals surface area contributed by atoms with E-state index in [0.29, 0.717) is 17.4 Å². The van der Waals surface area contributed by atoms with Crippen LogP contribution in [0.2, 0.25) is 0 Å². The topological polar surface area (TPSA) is 56.8 Å². The average Bonchev–Trinajstić information content (AvgIpc) is 2.67. The van der Waals surface area contributed by atoms with Crippen molar-refractivity contribution in [2.24, 2.45) is 0 Å². The number of carbonyl (C=O) groups excluding carboxylic acids is 1. The molecular formula is C23H31NO4. The number of nitrogens with one attached hydrogen (secondary N) is 1. The summed E-state index contributed by atoms with van der Waals surface area (Å²) >= 11 is 0. The first-order valence-electron chi connectivity index (χ1n) is 9.56. The van der Waals surface area contributed by atoms with E-state index in [4.69, 9.17) is 14.2 Å². The number of methoxy groups -OCH3 is 2. The second-order valence-electron chi connectivity index (χ2n) is 7.27. The Bertz CT molecular complexity index is 816. The van der Waals surface area contributed by atoms with Gasteiger partial charge in [-0.25, -0.2) is 0 Å². The van der Waals surface area contributed by atoms with Crippen molar-refractivity contribution in [3.05, 3.63) is 53.1 Å². The highest BCUT2D eigenvalue weighted by atomic mass is 16.5. The van der Waals surface area contributed by atoms with Crippen LogP contribution in [0, 0.1) is 6.92 Å². The molecule has 0 unspecified atom stereocenters. The summed E-state index contributed by atoms with van der Waals surface area (Å²) in [4.78, 5) is 12.6. The summed E-state index contributed by atoms with van der Waals surface area (Å²) in [6, 6.07) is 11.2. The van der Waals surface area contributed by atoms with Crippen LogP contribution < -0.4 is 19.5 Å². The molecule has 0 saturated carbocycles. The average molecular weight is 386 g/mol. The van der Waals surface area contributed by atoms with Gasteiger partial charge in [0.05, 0.1) is 20.3 Å². The Hall–Kier alpha value is -2.69. The maximum Gasteiger partial charge on any atom is 0.261 e. The van der Waals surface area contributed by atoms with E-state index in [1.807, 2.05) is 32.0 Å². The van der Waals surface area contributed by atoms with Crippen LogP contribution in [0.1, 0.15) is 56.3 Å². The van der Waals surface area contributed by atoms with Gasteiger partial charge in [0.1, 0.15) is 17.2 Å². The molecule has 0 saturated heterocycles. The zero-order valence-corrected chi connectivity index (χ0v) is 17.8. The molecule has 152 valence electrons. The highest BCUT2D eigenvalue weighted by molar-refractivity contribution is 5.81. The first-order valence-corrected chi connectivity index (χ1v) is 9.56. The van der Waals surface area contributed by atoms with Crippen molar-refractivity contribution >= 4 is 5.91 Å². The quantitative estimate of drug-likeness (QED) is 0.710. The number of aryl methyl sites for hydroxylation is 1. The zero-order chi connectivity index (χ0) is 20.8. The predicted octanol–water partition coefficient (Wildman–Crippen LogP) is 4.78. The lowest BCUT2D eigenvalue weighted by atomic mass is 9.93. The van der Waals surface area contributed by atoms with Gasteiger partial charge in [0.15, 0.2) is 6.10 Å². The summed E-state index contributed by atoms with van der Waals surface area (Å²) in [5.41, 5.74) is 3.28. The fourth-order valence-corrected chi connectivity index (χ4v) is 3.15. The molecule has 5 heteroatoms. The molecule has 0 aliphatic rings. The van der Waals surface area contributed by atoms with E-state index in [-0.39, 0.29) is 11.9 Å². The summed E-state index contributed by atoms with van der Waals surface area (Å²) in [6.45, 7) is 10.0. The first kappa shape index (κ1) is 21.6. The minimum absolute atomic E-state index is 0.146. The van der Waals surface area contributed by atoms with E-state index in [2.05, 4.69) is 25.2 Å². The van der Waals surface area contributed by atoms with E-state index in [1.54, 1.807) is 33.3 Å². The van der Waals surface area contributed by atoms with Gasteiger partial charge in [0.2, 0.25) is 0 Å². The van der Waals surface area contributed by atoms with E-state index < -0.39 is 6.10 Å². The van der Waals surface area contributed by atoms with Crippen LogP contribution >= 0.6 is 0 Å². The van der Waals surface area contributed by atoms with Crippen molar-refractivity contribution in [3.8, 4) is 17.2 Å². The van der Waals surface area contributed by atoms with Crippen LogP contribution in [-0.4, -0.2) is 26.2 Å². The maximum absolute atomic E-state index is 12.6. The van der Waals surface area contributed by atoms with Gasteiger partial charge >= 0.3 is 0 Å². The normalized spacial score (nSPS) is 13.0. The minimum atomic E-state index is -0.627. The van der Waals surface area contributed by atoms with Gasteiger partial charge in [0, 0.05) is 6.07 Å². The lowest BCUT2D eigenvalue weighted by Gasteiger charge is -2.23. The van der Waals surface area contributed by atoms with Gasteiger partial charge in [-0.2, -0.15) is 0 Å². The highest BCUT2D eigenvalue weighted by Gasteiger charge is 2.20. The van der Waals surface area contributed by atoms with Gasteiger partial charge in [-0.1, -0.05) is 19.9 Å². The van der Waals surface area contributed by atoms with Crippen molar-refractivity contribution < 1.29 is 19.0 Å². The van der Waals surface area contributed by atoms with Gasteiger partial charge < -0.3 is 19.5 Å². The number of carbonyl (C=O) groups is 1. The van der Waals surface area contributed by atoms with Gasteiger partial charge in [-0.15, -0.1) is 0 Å². The van der Waals surface area contributed by atoms with Crippen molar-refractivity contribution in [1.82, 2.24) is 5.32 Å². The Labute approximate surface area is 168 Å². The summed E-state index contributed by atoms with van der Waals surface area (Å²) in [7, 11) is 3.28. The molecule has 0 aromatic heterocycles. The van der Waals surface area contributed by atoms with E-state index in [1.165, 1.54) is 0 Å². The number of ether oxygens (including phenoxy) is 3. The van der Waals surface area contributed by atoms with Crippen LogP contribution in [0.3, 0.4) is 0 Å². The zero-order valence-electron chi connectivity index (χ0n) is 17.8. The molecule has 5 nitrogen and oxygen atoms in total. The number of amides is 1. The fourth-order valence-electron chi connectivity index (χ4n) is 3.15. The Kier molecular flexibility index (Phi) is 7.32. The van der Waals surface area contributed by atoms with Crippen molar-refractivity contribution in [3.63, 3.8) is 0 Å². The molecule has 28 heavy (non-hydrogen) atoms. The molecule has 0 spiro atoms. The maximum atomic E-state index is 12.6. The second kappa shape index (κ2) is 9.49. The summed E-state index contributed by atoms with van der Waals surface area (Å²) in [6.07, 6.45) is -0.627. The third-order valence-corrected chi connectivity index (χ3v) is 4.79. The third kappa shape index (κ3) is 5.18. The third-order valence-electron chi connectivity index (χ3n) is 4.79. The number of hydrogen-bond donors (Lipinski definition) is 1. The predicted molar refractivity (Wildman–Crippen MR) is 111 cm³/mol. The number of rotatable bonds is 8. The van der Waals surface area contributed by atoms with Gasteiger partial charge in [-0.05, 0) is 67.6 Å². The van der Waals surface area contributed by atoms with E-state index in [9.17, 15) is 4.79 Å².